The summed E-state index contributed by atoms with van der Waals surface area (Å²) in [6.45, 7) is 0. The molecule has 0 unspecified atom stereocenters. The quantitative estimate of drug-likeness (QED) is 0.742. The third-order valence-corrected chi connectivity index (χ3v) is 1.48. The lowest BCUT2D eigenvalue weighted by molar-refractivity contribution is 0.334. The van der Waals surface area contributed by atoms with Crippen molar-refractivity contribution in [3.63, 3.8) is 0 Å². The number of rotatable bonds is 1. The van der Waals surface area contributed by atoms with Gasteiger partial charge in [-0.3, -0.25) is 0 Å². The van der Waals surface area contributed by atoms with Crippen LogP contribution in [0.1, 0.15) is 0 Å². The van der Waals surface area contributed by atoms with Gasteiger partial charge in [-0.25, -0.2) is 0 Å². The maximum atomic E-state index is 4.88. The van der Waals surface area contributed by atoms with Crippen molar-refractivity contribution >= 4 is 28.3 Å². The van der Waals surface area contributed by atoms with Crippen LogP contribution in [-0.2, 0) is 0 Å². The first-order valence-corrected chi connectivity index (χ1v) is 3.24. The maximum absolute atomic E-state index is 4.88. The van der Waals surface area contributed by atoms with Crippen molar-refractivity contribution in [2.75, 3.05) is 0 Å². The van der Waals surface area contributed by atoms with Crippen LogP contribution in [0.5, 0.6) is 5.75 Å². The molecule has 0 aliphatic heterocycles. The van der Waals surface area contributed by atoms with E-state index in [1.165, 1.54) is 0 Å². The summed E-state index contributed by atoms with van der Waals surface area (Å²) in [6, 6.07) is 7.29. The van der Waals surface area contributed by atoms with Crippen LogP contribution >= 0.6 is 28.3 Å². The van der Waals surface area contributed by atoms with E-state index in [2.05, 4.69) is 20.8 Å². The highest BCUT2D eigenvalue weighted by Gasteiger charge is 1.87. The SMILES string of the molecule is Cl.NOc1ccc(Br)cc1. The fraction of sp³-hybridized carbons (Fsp3) is 0. The Morgan fingerprint density at radius 3 is 2.10 bits per heavy atom. The van der Waals surface area contributed by atoms with Crippen molar-refractivity contribution in [3.05, 3.63) is 28.7 Å². The molecule has 0 spiro atoms. The van der Waals surface area contributed by atoms with Gasteiger partial charge in [0.05, 0.1) is 0 Å². The summed E-state index contributed by atoms with van der Waals surface area (Å²) in [5.74, 6) is 5.55. The standard InChI is InChI=1S/C6H6BrNO.ClH/c7-5-1-3-6(9-8)4-2-5;/h1-4H,8H2;1H. The van der Waals surface area contributed by atoms with Gasteiger partial charge < -0.3 is 4.84 Å². The molecule has 0 aliphatic carbocycles. The minimum atomic E-state index is 0. The fourth-order valence-corrected chi connectivity index (χ4v) is 0.777. The first-order chi connectivity index (χ1) is 4.33. The van der Waals surface area contributed by atoms with Crippen molar-refractivity contribution in [1.82, 2.24) is 0 Å². The first kappa shape index (κ1) is 9.75. The fourth-order valence-electron chi connectivity index (χ4n) is 0.513. The summed E-state index contributed by atoms with van der Waals surface area (Å²) < 4.78 is 1.02. The van der Waals surface area contributed by atoms with Gasteiger partial charge in [0.25, 0.3) is 0 Å². The van der Waals surface area contributed by atoms with Crippen LogP contribution in [-0.4, -0.2) is 0 Å². The molecule has 0 aliphatic rings. The molecule has 0 saturated heterocycles. The van der Waals surface area contributed by atoms with Crippen molar-refractivity contribution in [2.45, 2.75) is 0 Å². The molecule has 0 aromatic heterocycles. The van der Waals surface area contributed by atoms with Crippen LogP contribution in [0.15, 0.2) is 28.7 Å². The second-order valence-corrected chi connectivity index (χ2v) is 2.49. The van der Waals surface area contributed by atoms with E-state index in [4.69, 9.17) is 5.90 Å². The van der Waals surface area contributed by atoms with E-state index in [9.17, 15) is 0 Å². The molecule has 0 radical (unpaired) electrons. The highest BCUT2D eigenvalue weighted by atomic mass is 79.9. The molecule has 2 nitrogen and oxygen atoms in total. The Labute approximate surface area is 73.9 Å². The second kappa shape index (κ2) is 4.55. The van der Waals surface area contributed by atoms with Crippen molar-refractivity contribution in [3.8, 4) is 5.75 Å². The normalized spacial score (nSPS) is 8.20. The third kappa shape index (κ3) is 2.56. The molecule has 0 amide bonds. The predicted molar refractivity (Wildman–Crippen MR) is 46.2 cm³/mol. The van der Waals surface area contributed by atoms with Crippen molar-refractivity contribution < 1.29 is 4.84 Å². The molecule has 0 fully saturated rings. The molecule has 4 heteroatoms. The second-order valence-electron chi connectivity index (χ2n) is 1.57. The number of halogens is 2. The molecular weight excluding hydrogens is 217 g/mol. The van der Waals surface area contributed by atoms with Gasteiger partial charge in [-0.1, -0.05) is 15.9 Å². The van der Waals surface area contributed by atoms with Crippen LogP contribution in [0.25, 0.3) is 0 Å². The molecule has 0 bridgehead atoms. The third-order valence-electron chi connectivity index (χ3n) is 0.950. The molecule has 2 N–H and O–H groups in total. The molecule has 0 heterocycles. The van der Waals surface area contributed by atoms with E-state index in [1.807, 2.05) is 12.1 Å². The van der Waals surface area contributed by atoms with Crippen LogP contribution < -0.4 is 10.7 Å². The Bertz CT molecular complexity index is 189. The number of hydrogen-bond donors (Lipinski definition) is 1. The molecule has 0 atom stereocenters. The van der Waals surface area contributed by atoms with E-state index >= 15 is 0 Å². The number of hydrogen-bond acceptors (Lipinski definition) is 2. The zero-order valence-corrected chi connectivity index (χ0v) is 7.48. The summed E-state index contributed by atoms with van der Waals surface area (Å²) in [6.07, 6.45) is 0. The van der Waals surface area contributed by atoms with Crippen LogP contribution in [0.2, 0.25) is 0 Å². The number of nitrogens with two attached hydrogens (primary N) is 1. The largest absolute Gasteiger partial charge is 0.412 e. The summed E-state index contributed by atoms with van der Waals surface area (Å²) >= 11 is 3.28. The van der Waals surface area contributed by atoms with Gasteiger partial charge >= 0.3 is 0 Å². The van der Waals surface area contributed by atoms with Gasteiger partial charge in [0.2, 0.25) is 0 Å². The van der Waals surface area contributed by atoms with Crippen LogP contribution in [0.3, 0.4) is 0 Å². The van der Waals surface area contributed by atoms with E-state index in [0.717, 1.165) is 4.47 Å². The van der Waals surface area contributed by atoms with Gasteiger partial charge in [-0.05, 0) is 24.3 Å². The molecule has 10 heavy (non-hydrogen) atoms. The average Bonchev–Trinajstić information content (AvgIpc) is 1.90. The summed E-state index contributed by atoms with van der Waals surface area (Å²) in [5.41, 5.74) is 0. The lowest BCUT2D eigenvalue weighted by atomic mass is 10.3. The van der Waals surface area contributed by atoms with Crippen molar-refractivity contribution in [2.24, 2.45) is 5.90 Å². The minimum Gasteiger partial charge on any atom is -0.412 e. The lowest BCUT2D eigenvalue weighted by Crippen LogP contribution is -2.00. The van der Waals surface area contributed by atoms with Gasteiger partial charge in [0.1, 0.15) is 5.75 Å². The molecular formula is C6H7BrClNO. The van der Waals surface area contributed by atoms with Crippen LogP contribution in [0.4, 0.5) is 0 Å². The molecule has 56 valence electrons. The first-order valence-electron chi connectivity index (χ1n) is 2.45. The Morgan fingerprint density at radius 2 is 1.70 bits per heavy atom. The van der Waals surface area contributed by atoms with Gasteiger partial charge in [-0.15, -0.1) is 12.4 Å². The van der Waals surface area contributed by atoms with Crippen LogP contribution in [0, 0.1) is 0 Å². The molecule has 1 aromatic carbocycles. The number of benzene rings is 1. The summed E-state index contributed by atoms with van der Waals surface area (Å²) in [7, 11) is 0. The van der Waals surface area contributed by atoms with E-state index < -0.39 is 0 Å². The highest BCUT2D eigenvalue weighted by molar-refractivity contribution is 9.10. The van der Waals surface area contributed by atoms with E-state index in [1.54, 1.807) is 12.1 Å². The van der Waals surface area contributed by atoms with Gasteiger partial charge in [0, 0.05) is 4.47 Å². The Morgan fingerprint density at radius 1 is 1.20 bits per heavy atom. The minimum absolute atomic E-state index is 0. The summed E-state index contributed by atoms with van der Waals surface area (Å²) in [4.78, 5) is 4.45. The predicted octanol–water partition coefficient (Wildman–Crippen LogP) is 2.12. The molecule has 1 rings (SSSR count). The monoisotopic (exact) mass is 223 g/mol. The lowest BCUT2D eigenvalue weighted by Gasteiger charge is -1.95. The zero-order valence-electron chi connectivity index (χ0n) is 5.08. The van der Waals surface area contributed by atoms with Gasteiger partial charge in [-0.2, -0.15) is 5.90 Å². The smallest absolute Gasteiger partial charge is 0.146 e. The van der Waals surface area contributed by atoms with E-state index in [0.29, 0.717) is 5.75 Å². The Balaban J connectivity index is 0.000000810. The Kier molecular flexibility index (Phi) is 4.43. The zero-order chi connectivity index (χ0) is 6.69. The maximum Gasteiger partial charge on any atom is 0.146 e. The van der Waals surface area contributed by atoms with Crippen molar-refractivity contribution in [1.29, 1.82) is 0 Å². The topological polar surface area (TPSA) is 35.2 Å². The van der Waals surface area contributed by atoms with Gasteiger partial charge in [0.15, 0.2) is 0 Å². The summed E-state index contributed by atoms with van der Waals surface area (Å²) in [5, 5.41) is 0. The average molecular weight is 224 g/mol. The Hall–Kier alpha value is -0.250. The molecule has 0 saturated carbocycles. The highest BCUT2D eigenvalue weighted by Crippen LogP contribution is 2.14. The van der Waals surface area contributed by atoms with E-state index in [-0.39, 0.29) is 12.4 Å². The molecule has 1 aromatic rings.